The first-order valence-corrected chi connectivity index (χ1v) is 8.71. The second-order valence-corrected chi connectivity index (χ2v) is 6.71. The quantitative estimate of drug-likeness (QED) is 0.534. The van der Waals surface area contributed by atoms with Gasteiger partial charge in [-0.3, -0.25) is 0 Å². The van der Waals surface area contributed by atoms with Crippen molar-refractivity contribution in [1.29, 1.82) is 0 Å². The number of aromatic nitrogens is 2. The summed E-state index contributed by atoms with van der Waals surface area (Å²) in [5.41, 5.74) is 3.80. The zero-order valence-electron chi connectivity index (χ0n) is 14.6. The van der Waals surface area contributed by atoms with Crippen LogP contribution < -0.4 is 11.0 Å². The fourth-order valence-corrected chi connectivity index (χ4v) is 3.23. The minimum Gasteiger partial charge on any atom is -0.393 e. The highest BCUT2D eigenvalue weighted by atomic mass is 16.3. The van der Waals surface area contributed by atoms with Gasteiger partial charge in [0.15, 0.2) is 0 Å². The highest BCUT2D eigenvalue weighted by molar-refractivity contribution is 5.75. The zero-order chi connectivity index (χ0) is 17.8. The molecule has 25 heavy (non-hydrogen) atoms. The van der Waals surface area contributed by atoms with Crippen molar-refractivity contribution >= 4 is 11.0 Å². The van der Waals surface area contributed by atoms with Crippen LogP contribution in [0.2, 0.25) is 0 Å². The van der Waals surface area contributed by atoms with Crippen LogP contribution in [0.4, 0.5) is 0 Å². The first kappa shape index (κ1) is 17.5. The predicted octanol–water partition coefficient (Wildman–Crippen LogP) is 3.06. The average Bonchev–Trinajstić information content (AvgIpc) is 2.97. The number of hydrogen-bond donors (Lipinski definition) is 4. The summed E-state index contributed by atoms with van der Waals surface area (Å²) >= 11 is 0. The summed E-state index contributed by atoms with van der Waals surface area (Å²) in [6.45, 7) is 4.71. The highest BCUT2D eigenvalue weighted by Crippen LogP contribution is 2.23. The Bertz CT molecular complexity index is 867. The van der Waals surface area contributed by atoms with E-state index in [0.717, 1.165) is 23.1 Å². The molecule has 0 aliphatic heterocycles. The third-order valence-electron chi connectivity index (χ3n) is 4.61. The lowest BCUT2D eigenvalue weighted by molar-refractivity contribution is 0.173. The molecule has 0 amide bonds. The molecule has 3 atom stereocenters. The van der Waals surface area contributed by atoms with Gasteiger partial charge in [0.25, 0.3) is 0 Å². The number of imidazole rings is 1. The summed E-state index contributed by atoms with van der Waals surface area (Å²) in [5.74, 6) is 0.249. The smallest absolute Gasteiger partial charge is 0.323 e. The van der Waals surface area contributed by atoms with Crippen LogP contribution in [0.15, 0.2) is 53.3 Å². The van der Waals surface area contributed by atoms with Crippen LogP contribution in [0.3, 0.4) is 0 Å². The lowest BCUT2D eigenvalue weighted by atomic mass is 9.93. The lowest BCUT2D eigenvalue weighted by Gasteiger charge is -2.22. The van der Waals surface area contributed by atoms with Crippen LogP contribution >= 0.6 is 0 Å². The second kappa shape index (κ2) is 7.68. The van der Waals surface area contributed by atoms with Gasteiger partial charge in [0.2, 0.25) is 0 Å². The van der Waals surface area contributed by atoms with Crippen molar-refractivity contribution in [1.82, 2.24) is 15.3 Å². The Hall–Kier alpha value is -2.37. The van der Waals surface area contributed by atoms with E-state index in [1.54, 1.807) is 0 Å². The largest absolute Gasteiger partial charge is 0.393 e. The van der Waals surface area contributed by atoms with Gasteiger partial charge in [-0.05, 0) is 49.4 Å². The maximum atomic E-state index is 11.4. The van der Waals surface area contributed by atoms with Crippen molar-refractivity contribution in [2.24, 2.45) is 0 Å². The maximum Gasteiger partial charge on any atom is 0.323 e. The van der Waals surface area contributed by atoms with Crippen molar-refractivity contribution in [2.75, 3.05) is 6.54 Å². The number of aliphatic hydroxyl groups excluding tert-OH is 1. The Morgan fingerprint density at radius 1 is 1.00 bits per heavy atom. The van der Waals surface area contributed by atoms with Gasteiger partial charge in [-0.25, -0.2) is 4.79 Å². The Balaban J connectivity index is 1.71. The van der Waals surface area contributed by atoms with Crippen LogP contribution in [0.1, 0.15) is 43.4 Å². The Morgan fingerprint density at radius 2 is 1.72 bits per heavy atom. The number of aliphatic hydroxyl groups is 1. The van der Waals surface area contributed by atoms with E-state index in [1.807, 2.05) is 43.3 Å². The topological polar surface area (TPSA) is 80.9 Å². The Labute approximate surface area is 147 Å². The van der Waals surface area contributed by atoms with Gasteiger partial charge in [0, 0.05) is 12.6 Å². The standard InChI is InChI=1S/C20H25N3O2/c1-13(24)10-17(15-6-4-3-5-7-15)12-21-14(2)16-8-9-18-19(11-16)23-20(25)22-18/h3-9,11,13-14,17,21,24H,10,12H2,1-2H3,(H2,22,23,25). The van der Waals surface area contributed by atoms with E-state index in [0.29, 0.717) is 6.42 Å². The van der Waals surface area contributed by atoms with E-state index in [2.05, 4.69) is 34.3 Å². The molecule has 0 aliphatic rings. The number of H-pyrrole nitrogens is 2. The molecule has 0 radical (unpaired) electrons. The van der Waals surface area contributed by atoms with E-state index in [-0.39, 0.29) is 23.8 Å². The molecule has 5 heteroatoms. The third-order valence-corrected chi connectivity index (χ3v) is 4.61. The van der Waals surface area contributed by atoms with Crippen LogP contribution in [0, 0.1) is 0 Å². The first-order chi connectivity index (χ1) is 12.0. The molecule has 0 spiro atoms. The molecular weight excluding hydrogens is 314 g/mol. The van der Waals surface area contributed by atoms with E-state index in [9.17, 15) is 9.90 Å². The van der Waals surface area contributed by atoms with Gasteiger partial charge in [-0.15, -0.1) is 0 Å². The molecule has 3 rings (SSSR count). The number of nitrogens with one attached hydrogen (secondary N) is 3. The van der Waals surface area contributed by atoms with Gasteiger partial charge in [-0.2, -0.15) is 0 Å². The molecule has 0 saturated heterocycles. The molecule has 1 heterocycles. The fourth-order valence-electron chi connectivity index (χ4n) is 3.23. The summed E-state index contributed by atoms with van der Waals surface area (Å²) in [4.78, 5) is 17.0. The Morgan fingerprint density at radius 3 is 2.44 bits per heavy atom. The number of aromatic amines is 2. The van der Waals surface area contributed by atoms with E-state index in [4.69, 9.17) is 0 Å². The zero-order valence-corrected chi connectivity index (χ0v) is 14.6. The molecule has 5 nitrogen and oxygen atoms in total. The minimum absolute atomic E-state index is 0.142. The van der Waals surface area contributed by atoms with Crippen molar-refractivity contribution in [3.63, 3.8) is 0 Å². The lowest BCUT2D eigenvalue weighted by Crippen LogP contribution is -2.26. The average molecular weight is 339 g/mol. The molecule has 0 bridgehead atoms. The number of hydrogen-bond acceptors (Lipinski definition) is 3. The summed E-state index contributed by atoms with van der Waals surface area (Å²) < 4.78 is 0. The van der Waals surface area contributed by atoms with E-state index >= 15 is 0 Å². The third kappa shape index (κ3) is 4.38. The number of benzene rings is 2. The predicted molar refractivity (Wildman–Crippen MR) is 101 cm³/mol. The molecule has 0 saturated carbocycles. The Kier molecular flexibility index (Phi) is 5.36. The monoisotopic (exact) mass is 339 g/mol. The molecule has 0 aliphatic carbocycles. The number of rotatable bonds is 7. The number of fused-ring (bicyclic) bond motifs is 1. The van der Waals surface area contributed by atoms with Crippen LogP contribution in [0.25, 0.3) is 11.0 Å². The molecule has 0 fully saturated rings. The summed E-state index contributed by atoms with van der Waals surface area (Å²) in [7, 11) is 0. The highest BCUT2D eigenvalue weighted by Gasteiger charge is 2.16. The SMILES string of the molecule is CC(O)CC(CNC(C)c1ccc2[nH]c(=O)[nH]c2c1)c1ccccc1. The van der Waals surface area contributed by atoms with Gasteiger partial charge in [-0.1, -0.05) is 36.4 Å². The van der Waals surface area contributed by atoms with E-state index < -0.39 is 0 Å². The van der Waals surface area contributed by atoms with Crippen molar-refractivity contribution in [3.05, 3.63) is 70.1 Å². The molecule has 2 aromatic carbocycles. The van der Waals surface area contributed by atoms with Crippen LogP contribution in [-0.2, 0) is 0 Å². The molecule has 3 aromatic rings. The summed E-state index contributed by atoms with van der Waals surface area (Å²) in [6.07, 6.45) is 0.372. The van der Waals surface area contributed by atoms with Crippen molar-refractivity contribution in [3.8, 4) is 0 Å². The summed E-state index contributed by atoms with van der Waals surface area (Å²) in [5, 5.41) is 13.4. The van der Waals surface area contributed by atoms with Gasteiger partial charge >= 0.3 is 5.69 Å². The normalized spacial score (nSPS) is 15.2. The molecule has 3 unspecified atom stereocenters. The van der Waals surface area contributed by atoms with Crippen LogP contribution in [-0.4, -0.2) is 27.7 Å². The van der Waals surface area contributed by atoms with Gasteiger partial charge in [0.1, 0.15) is 0 Å². The molecule has 4 N–H and O–H groups in total. The maximum absolute atomic E-state index is 11.4. The molecule has 1 aromatic heterocycles. The van der Waals surface area contributed by atoms with Gasteiger partial charge in [0.05, 0.1) is 17.1 Å². The fraction of sp³-hybridized carbons (Fsp3) is 0.350. The van der Waals surface area contributed by atoms with E-state index in [1.165, 1.54) is 5.56 Å². The van der Waals surface area contributed by atoms with Crippen molar-refractivity contribution < 1.29 is 5.11 Å². The second-order valence-electron chi connectivity index (χ2n) is 6.71. The first-order valence-electron chi connectivity index (χ1n) is 8.71. The van der Waals surface area contributed by atoms with Gasteiger partial charge < -0.3 is 20.4 Å². The molecule has 132 valence electrons. The molecular formula is C20H25N3O2. The summed E-state index contributed by atoms with van der Waals surface area (Å²) in [6, 6.07) is 16.4. The van der Waals surface area contributed by atoms with Crippen LogP contribution in [0.5, 0.6) is 0 Å². The minimum atomic E-state index is -0.344. The van der Waals surface area contributed by atoms with Crippen molar-refractivity contribution in [2.45, 2.75) is 38.3 Å².